The van der Waals surface area contributed by atoms with Gasteiger partial charge in [-0.2, -0.15) is 0 Å². The molecule has 2 rings (SSSR count). The van der Waals surface area contributed by atoms with Crippen LogP contribution in [0.5, 0.6) is 5.75 Å². The molecule has 7 heteroatoms. The third-order valence-electron chi connectivity index (χ3n) is 3.31. The largest absolute Gasteiger partial charge is 0.573 e. The van der Waals surface area contributed by atoms with Crippen molar-refractivity contribution in [3.05, 3.63) is 29.8 Å². The molecule has 0 aromatic heterocycles. The molecule has 2 unspecified atom stereocenters. The molecule has 21 heavy (non-hydrogen) atoms. The number of hydrogen-bond acceptors (Lipinski definition) is 3. The van der Waals surface area contributed by atoms with Crippen LogP contribution in [0.1, 0.15) is 23.7 Å². The number of halogens is 3. The fourth-order valence-corrected chi connectivity index (χ4v) is 2.55. The maximum absolute atomic E-state index is 12.3. The summed E-state index contributed by atoms with van der Waals surface area (Å²) in [6, 6.07) is 4.86. The zero-order valence-corrected chi connectivity index (χ0v) is 11.6. The molecule has 0 spiro atoms. The van der Waals surface area contributed by atoms with Crippen molar-refractivity contribution in [1.29, 1.82) is 0 Å². The highest BCUT2D eigenvalue weighted by molar-refractivity contribution is 5.94. The van der Waals surface area contributed by atoms with E-state index < -0.39 is 6.36 Å². The molecule has 1 saturated heterocycles. The van der Waals surface area contributed by atoms with Crippen molar-refractivity contribution in [1.82, 2.24) is 4.90 Å². The summed E-state index contributed by atoms with van der Waals surface area (Å²) in [6.45, 7) is 3.08. The van der Waals surface area contributed by atoms with Crippen molar-refractivity contribution in [3.8, 4) is 5.75 Å². The van der Waals surface area contributed by atoms with E-state index in [1.807, 2.05) is 6.92 Å². The monoisotopic (exact) mass is 302 g/mol. The Labute approximate surface area is 120 Å². The van der Waals surface area contributed by atoms with Gasteiger partial charge in [-0.25, -0.2) is 0 Å². The van der Waals surface area contributed by atoms with Gasteiger partial charge in [0.2, 0.25) is 0 Å². The van der Waals surface area contributed by atoms with Gasteiger partial charge in [-0.1, -0.05) is 6.92 Å². The molecule has 0 radical (unpaired) electrons. The SMILES string of the molecule is CC1CC(N)CN(C(=O)c2ccc(OC(F)(F)F)cc2)C1. The molecular weight excluding hydrogens is 285 g/mol. The molecule has 2 N–H and O–H groups in total. The van der Waals surface area contributed by atoms with Gasteiger partial charge < -0.3 is 15.4 Å². The number of carbonyl (C=O) groups is 1. The van der Waals surface area contributed by atoms with Crippen molar-refractivity contribution in [2.45, 2.75) is 25.7 Å². The number of nitrogens with zero attached hydrogens (tertiary/aromatic N) is 1. The number of benzene rings is 1. The van der Waals surface area contributed by atoms with E-state index in [0.717, 1.165) is 18.6 Å². The van der Waals surface area contributed by atoms with Crippen molar-refractivity contribution in [2.24, 2.45) is 11.7 Å². The van der Waals surface area contributed by atoms with Crippen molar-refractivity contribution in [2.75, 3.05) is 13.1 Å². The first-order valence-electron chi connectivity index (χ1n) is 6.65. The summed E-state index contributed by atoms with van der Waals surface area (Å²) < 4.78 is 40.0. The zero-order valence-electron chi connectivity index (χ0n) is 11.6. The van der Waals surface area contributed by atoms with E-state index >= 15 is 0 Å². The van der Waals surface area contributed by atoms with Crippen molar-refractivity contribution in [3.63, 3.8) is 0 Å². The summed E-state index contributed by atoms with van der Waals surface area (Å²) >= 11 is 0. The summed E-state index contributed by atoms with van der Waals surface area (Å²) in [5.41, 5.74) is 6.21. The van der Waals surface area contributed by atoms with E-state index in [1.54, 1.807) is 4.90 Å². The molecule has 116 valence electrons. The van der Waals surface area contributed by atoms with Gasteiger partial charge in [0.05, 0.1) is 0 Å². The Kier molecular flexibility index (Phi) is 4.41. The van der Waals surface area contributed by atoms with Gasteiger partial charge in [-0.3, -0.25) is 4.79 Å². The molecule has 0 bridgehead atoms. The smallest absolute Gasteiger partial charge is 0.406 e. The van der Waals surface area contributed by atoms with Crippen LogP contribution in [0.2, 0.25) is 0 Å². The molecule has 2 atom stereocenters. The Morgan fingerprint density at radius 1 is 1.29 bits per heavy atom. The lowest BCUT2D eigenvalue weighted by atomic mass is 9.96. The van der Waals surface area contributed by atoms with Crippen LogP contribution in [-0.2, 0) is 0 Å². The topological polar surface area (TPSA) is 55.6 Å². The number of carbonyl (C=O) groups excluding carboxylic acids is 1. The van der Waals surface area contributed by atoms with E-state index in [0.29, 0.717) is 24.6 Å². The van der Waals surface area contributed by atoms with Gasteiger partial charge in [0, 0.05) is 24.7 Å². The number of ether oxygens (including phenoxy) is 1. The molecule has 4 nitrogen and oxygen atoms in total. The minimum atomic E-state index is -4.74. The second kappa shape index (κ2) is 5.93. The third-order valence-corrected chi connectivity index (χ3v) is 3.31. The highest BCUT2D eigenvalue weighted by Crippen LogP contribution is 2.24. The molecule has 1 fully saturated rings. The van der Waals surface area contributed by atoms with E-state index in [1.165, 1.54) is 12.1 Å². The first kappa shape index (κ1) is 15.6. The molecule has 1 amide bonds. The van der Waals surface area contributed by atoms with Crippen LogP contribution in [0.4, 0.5) is 13.2 Å². The van der Waals surface area contributed by atoms with E-state index in [-0.39, 0.29) is 17.7 Å². The molecule has 1 aromatic carbocycles. The number of rotatable bonds is 2. The average molecular weight is 302 g/mol. The van der Waals surface area contributed by atoms with Gasteiger partial charge in [0.1, 0.15) is 5.75 Å². The summed E-state index contributed by atoms with van der Waals surface area (Å²) in [6.07, 6.45) is -3.87. The Balaban J connectivity index is 2.06. The number of amides is 1. The number of likely N-dealkylation sites (tertiary alicyclic amines) is 1. The highest BCUT2D eigenvalue weighted by Gasteiger charge is 2.31. The quantitative estimate of drug-likeness (QED) is 0.912. The predicted molar refractivity (Wildman–Crippen MR) is 70.8 cm³/mol. The molecule has 1 heterocycles. The summed E-state index contributed by atoms with van der Waals surface area (Å²) in [4.78, 5) is 13.9. The number of hydrogen-bond donors (Lipinski definition) is 1. The molecule has 1 aliphatic rings. The van der Waals surface area contributed by atoms with Gasteiger partial charge >= 0.3 is 6.36 Å². The standard InChI is InChI=1S/C14H17F3N2O2/c1-9-6-11(18)8-19(7-9)13(20)10-2-4-12(5-3-10)21-14(15,16)17/h2-5,9,11H,6-8,18H2,1H3. The second-order valence-corrected chi connectivity index (χ2v) is 5.38. The maximum atomic E-state index is 12.3. The number of nitrogens with two attached hydrogens (primary N) is 1. The molecule has 1 aliphatic heterocycles. The maximum Gasteiger partial charge on any atom is 0.573 e. The summed E-state index contributed by atoms with van der Waals surface area (Å²) in [5, 5.41) is 0. The summed E-state index contributed by atoms with van der Waals surface area (Å²) in [7, 11) is 0. The molecular formula is C14H17F3N2O2. The lowest BCUT2D eigenvalue weighted by Gasteiger charge is -2.34. The van der Waals surface area contributed by atoms with Crippen LogP contribution in [0, 0.1) is 5.92 Å². The number of alkyl halides is 3. The lowest BCUT2D eigenvalue weighted by molar-refractivity contribution is -0.274. The Bertz CT molecular complexity index is 492. The Morgan fingerprint density at radius 3 is 2.43 bits per heavy atom. The van der Waals surface area contributed by atoms with Crippen LogP contribution < -0.4 is 10.5 Å². The minimum Gasteiger partial charge on any atom is -0.406 e. The zero-order chi connectivity index (χ0) is 15.6. The Morgan fingerprint density at radius 2 is 1.90 bits per heavy atom. The fourth-order valence-electron chi connectivity index (χ4n) is 2.55. The van der Waals surface area contributed by atoms with E-state index in [9.17, 15) is 18.0 Å². The fraction of sp³-hybridized carbons (Fsp3) is 0.500. The third kappa shape index (κ3) is 4.35. The lowest BCUT2D eigenvalue weighted by Crippen LogP contribution is -2.48. The van der Waals surface area contributed by atoms with Crippen LogP contribution in [-0.4, -0.2) is 36.3 Å². The normalized spacial score (nSPS) is 23.0. The van der Waals surface area contributed by atoms with Crippen LogP contribution in [0.25, 0.3) is 0 Å². The first-order chi connectivity index (χ1) is 9.74. The van der Waals surface area contributed by atoms with Gasteiger partial charge in [0.15, 0.2) is 0 Å². The minimum absolute atomic E-state index is 0.0643. The summed E-state index contributed by atoms with van der Waals surface area (Å²) in [5.74, 6) is -0.260. The molecule has 0 aliphatic carbocycles. The van der Waals surface area contributed by atoms with Gasteiger partial charge in [-0.15, -0.1) is 13.2 Å². The first-order valence-corrected chi connectivity index (χ1v) is 6.65. The number of piperidine rings is 1. The van der Waals surface area contributed by atoms with Crippen LogP contribution in [0.15, 0.2) is 24.3 Å². The van der Waals surface area contributed by atoms with Gasteiger partial charge in [0.25, 0.3) is 5.91 Å². The van der Waals surface area contributed by atoms with Crippen LogP contribution >= 0.6 is 0 Å². The average Bonchev–Trinajstić information content (AvgIpc) is 2.35. The van der Waals surface area contributed by atoms with Gasteiger partial charge in [-0.05, 0) is 36.6 Å². The van der Waals surface area contributed by atoms with E-state index in [4.69, 9.17) is 5.73 Å². The molecule has 0 saturated carbocycles. The Hall–Kier alpha value is -1.76. The van der Waals surface area contributed by atoms with Crippen LogP contribution in [0.3, 0.4) is 0 Å². The highest BCUT2D eigenvalue weighted by atomic mass is 19.4. The molecule has 1 aromatic rings. The predicted octanol–water partition coefficient (Wildman–Crippen LogP) is 2.39. The van der Waals surface area contributed by atoms with Crippen molar-refractivity contribution >= 4 is 5.91 Å². The second-order valence-electron chi connectivity index (χ2n) is 5.38. The van der Waals surface area contributed by atoms with Crippen molar-refractivity contribution < 1.29 is 22.7 Å². The van der Waals surface area contributed by atoms with E-state index in [2.05, 4.69) is 4.74 Å².